The highest BCUT2D eigenvalue weighted by Crippen LogP contribution is 1.99. The Balaban J connectivity index is 2.03. The summed E-state index contributed by atoms with van der Waals surface area (Å²) in [5.74, 6) is 0. The van der Waals surface area contributed by atoms with E-state index in [4.69, 9.17) is 4.74 Å². The number of likely N-dealkylation sites (N-methyl/N-ethyl adjacent to an activating group) is 1. The van der Waals surface area contributed by atoms with E-state index in [2.05, 4.69) is 53.7 Å². The number of hydrogen-bond donors (Lipinski definition) is 1. The predicted molar refractivity (Wildman–Crippen MR) is 77.7 cm³/mol. The fraction of sp³-hybridized carbons (Fsp3) is 0.467. The summed E-state index contributed by atoms with van der Waals surface area (Å²) in [4.78, 5) is 2.26. The number of nitrogens with zero attached hydrogens (tertiary/aromatic N) is 1. The second-order valence-electron chi connectivity index (χ2n) is 4.31. The van der Waals surface area contributed by atoms with Crippen LogP contribution in [0.2, 0.25) is 0 Å². The van der Waals surface area contributed by atoms with Gasteiger partial charge < -0.3 is 15.0 Å². The van der Waals surface area contributed by atoms with E-state index in [9.17, 15) is 0 Å². The quantitative estimate of drug-likeness (QED) is 0.675. The van der Waals surface area contributed by atoms with E-state index in [1.54, 1.807) is 7.11 Å². The van der Waals surface area contributed by atoms with Crippen LogP contribution in [0.15, 0.2) is 36.4 Å². The molecule has 1 N–H and O–H groups in total. The molecule has 0 amide bonds. The maximum absolute atomic E-state index is 5.03. The SMILES string of the molecule is COCCN(C)CCNCC=Cc1ccccc1. The van der Waals surface area contributed by atoms with Gasteiger partial charge in [-0.3, -0.25) is 0 Å². The van der Waals surface area contributed by atoms with Gasteiger partial charge in [0.25, 0.3) is 0 Å². The van der Waals surface area contributed by atoms with Crippen molar-refractivity contribution in [1.82, 2.24) is 10.2 Å². The molecule has 100 valence electrons. The van der Waals surface area contributed by atoms with Crippen LogP contribution in [0, 0.1) is 0 Å². The maximum Gasteiger partial charge on any atom is 0.0589 e. The number of ether oxygens (including phenoxy) is 1. The molecule has 1 rings (SSSR count). The first-order valence-electron chi connectivity index (χ1n) is 6.42. The first-order chi connectivity index (χ1) is 8.83. The minimum absolute atomic E-state index is 0.796. The molecule has 3 nitrogen and oxygen atoms in total. The normalized spacial score (nSPS) is 11.5. The molecule has 0 saturated carbocycles. The van der Waals surface area contributed by atoms with Gasteiger partial charge in [0.2, 0.25) is 0 Å². The fourth-order valence-electron chi connectivity index (χ4n) is 1.57. The van der Waals surface area contributed by atoms with Gasteiger partial charge in [-0.1, -0.05) is 42.5 Å². The first-order valence-corrected chi connectivity index (χ1v) is 6.42. The van der Waals surface area contributed by atoms with Crippen molar-refractivity contribution >= 4 is 6.08 Å². The highest BCUT2D eigenvalue weighted by atomic mass is 16.5. The van der Waals surface area contributed by atoms with Crippen molar-refractivity contribution in [1.29, 1.82) is 0 Å². The second kappa shape index (κ2) is 9.83. The van der Waals surface area contributed by atoms with E-state index in [1.165, 1.54) is 5.56 Å². The Bertz CT molecular complexity index is 325. The summed E-state index contributed by atoms with van der Waals surface area (Å²) in [5, 5.41) is 3.39. The largest absolute Gasteiger partial charge is 0.383 e. The van der Waals surface area contributed by atoms with Crippen LogP contribution >= 0.6 is 0 Å². The topological polar surface area (TPSA) is 24.5 Å². The lowest BCUT2D eigenvalue weighted by atomic mass is 10.2. The third-order valence-corrected chi connectivity index (χ3v) is 2.72. The Morgan fingerprint density at radius 2 is 2.00 bits per heavy atom. The van der Waals surface area contributed by atoms with E-state index in [0.29, 0.717) is 0 Å². The zero-order valence-electron chi connectivity index (χ0n) is 11.4. The van der Waals surface area contributed by atoms with E-state index in [-0.39, 0.29) is 0 Å². The summed E-state index contributed by atoms with van der Waals surface area (Å²) in [7, 11) is 3.85. The summed E-state index contributed by atoms with van der Waals surface area (Å²) in [6.07, 6.45) is 4.30. The van der Waals surface area contributed by atoms with Gasteiger partial charge in [-0.15, -0.1) is 0 Å². The average molecular weight is 248 g/mol. The minimum Gasteiger partial charge on any atom is -0.383 e. The van der Waals surface area contributed by atoms with Crippen molar-refractivity contribution in [2.45, 2.75) is 0 Å². The molecule has 0 fully saturated rings. The number of benzene rings is 1. The summed E-state index contributed by atoms with van der Waals surface area (Å²) >= 11 is 0. The van der Waals surface area contributed by atoms with Crippen LogP contribution in [0.3, 0.4) is 0 Å². The molecule has 0 atom stereocenters. The lowest BCUT2D eigenvalue weighted by Gasteiger charge is -2.15. The van der Waals surface area contributed by atoms with Crippen molar-refractivity contribution < 1.29 is 4.74 Å². The minimum atomic E-state index is 0.796. The summed E-state index contributed by atoms with van der Waals surface area (Å²) < 4.78 is 5.03. The van der Waals surface area contributed by atoms with E-state index in [0.717, 1.165) is 32.8 Å². The molecule has 0 unspecified atom stereocenters. The molecule has 18 heavy (non-hydrogen) atoms. The Hall–Kier alpha value is -1.16. The Morgan fingerprint density at radius 1 is 1.22 bits per heavy atom. The first kappa shape index (κ1) is 14.9. The van der Waals surface area contributed by atoms with Crippen LogP contribution in [0.1, 0.15) is 5.56 Å². The number of nitrogens with one attached hydrogen (secondary N) is 1. The fourth-order valence-corrected chi connectivity index (χ4v) is 1.57. The summed E-state index contributed by atoms with van der Waals surface area (Å²) in [6, 6.07) is 10.4. The molecule has 0 spiro atoms. The number of rotatable bonds is 9. The standard InChI is InChI=1S/C15H24N2O/c1-17(13-14-18-2)12-11-16-10-6-9-15-7-4-3-5-8-15/h3-9,16H,10-14H2,1-2H3. The second-order valence-corrected chi connectivity index (χ2v) is 4.31. The lowest BCUT2D eigenvalue weighted by Crippen LogP contribution is -2.31. The molecular formula is C15H24N2O. The van der Waals surface area contributed by atoms with Crippen molar-refractivity contribution in [3.05, 3.63) is 42.0 Å². The number of hydrogen-bond acceptors (Lipinski definition) is 3. The van der Waals surface area contributed by atoms with Gasteiger partial charge in [-0.2, -0.15) is 0 Å². The molecule has 1 aromatic carbocycles. The molecule has 0 radical (unpaired) electrons. The van der Waals surface area contributed by atoms with E-state index in [1.807, 2.05) is 6.07 Å². The van der Waals surface area contributed by atoms with Gasteiger partial charge in [-0.25, -0.2) is 0 Å². The van der Waals surface area contributed by atoms with Crippen LogP contribution < -0.4 is 5.32 Å². The Kier molecular flexibility index (Phi) is 8.13. The predicted octanol–water partition coefficient (Wildman–Crippen LogP) is 1.87. The van der Waals surface area contributed by atoms with Crippen LogP contribution in [-0.4, -0.2) is 51.8 Å². The third-order valence-electron chi connectivity index (χ3n) is 2.72. The molecule has 0 bridgehead atoms. The highest BCUT2D eigenvalue weighted by Gasteiger charge is 1.95. The molecule has 0 aliphatic carbocycles. The molecule has 0 aromatic heterocycles. The third kappa shape index (κ3) is 7.22. The molecule has 1 aromatic rings. The smallest absolute Gasteiger partial charge is 0.0589 e. The van der Waals surface area contributed by atoms with Gasteiger partial charge >= 0.3 is 0 Å². The van der Waals surface area contributed by atoms with Crippen molar-refractivity contribution in [3.8, 4) is 0 Å². The molecule has 0 aliphatic heterocycles. The molecule has 3 heteroatoms. The number of methoxy groups -OCH3 is 1. The van der Waals surface area contributed by atoms with Gasteiger partial charge in [-0.05, 0) is 12.6 Å². The zero-order valence-corrected chi connectivity index (χ0v) is 11.4. The molecule has 0 heterocycles. The molecule has 0 saturated heterocycles. The van der Waals surface area contributed by atoms with Crippen molar-refractivity contribution in [3.63, 3.8) is 0 Å². The van der Waals surface area contributed by atoms with E-state index < -0.39 is 0 Å². The van der Waals surface area contributed by atoms with Gasteiger partial charge in [0.15, 0.2) is 0 Å². The Labute approximate surface area is 110 Å². The van der Waals surface area contributed by atoms with Crippen LogP contribution in [-0.2, 0) is 4.74 Å². The molecule has 0 aliphatic rings. The van der Waals surface area contributed by atoms with Gasteiger partial charge in [0, 0.05) is 33.3 Å². The van der Waals surface area contributed by atoms with Crippen LogP contribution in [0.4, 0.5) is 0 Å². The van der Waals surface area contributed by atoms with Crippen molar-refractivity contribution in [2.24, 2.45) is 0 Å². The van der Waals surface area contributed by atoms with Crippen LogP contribution in [0.25, 0.3) is 6.08 Å². The zero-order chi connectivity index (χ0) is 13.1. The van der Waals surface area contributed by atoms with Gasteiger partial charge in [0.1, 0.15) is 0 Å². The maximum atomic E-state index is 5.03. The lowest BCUT2D eigenvalue weighted by molar-refractivity contribution is 0.161. The van der Waals surface area contributed by atoms with Crippen LogP contribution in [0.5, 0.6) is 0 Å². The summed E-state index contributed by atoms with van der Waals surface area (Å²) in [6.45, 7) is 4.73. The van der Waals surface area contributed by atoms with Crippen molar-refractivity contribution in [2.75, 3.05) is 46.9 Å². The van der Waals surface area contributed by atoms with Gasteiger partial charge in [0.05, 0.1) is 6.61 Å². The highest BCUT2D eigenvalue weighted by molar-refractivity contribution is 5.48. The molecular weight excluding hydrogens is 224 g/mol. The monoisotopic (exact) mass is 248 g/mol. The Morgan fingerprint density at radius 3 is 2.72 bits per heavy atom. The van der Waals surface area contributed by atoms with E-state index >= 15 is 0 Å². The summed E-state index contributed by atoms with van der Waals surface area (Å²) in [5.41, 5.74) is 1.25. The average Bonchev–Trinajstić information content (AvgIpc) is 2.41.